The molecule has 1 aromatic heterocycles. The van der Waals surface area contributed by atoms with Crippen LogP contribution in [0.5, 0.6) is 0 Å². The molecule has 3 N–H and O–H groups in total. The van der Waals surface area contributed by atoms with Crippen LogP contribution in [0.25, 0.3) is 0 Å². The van der Waals surface area contributed by atoms with Gasteiger partial charge in [0.25, 0.3) is 0 Å². The van der Waals surface area contributed by atoms with Gasteiger partial charge < -0.3 is 49.8 Å². The molecule has 0 spiro atoms. The first kappa shape index (κ1) is 81.9. The van der Waals surface area contributed by atoms with Crippen molar-refractivity contribution in [3.8, 4) is 0 Å². The third kappa shape index (κ3) is 22.5. The molecule has 1 fully saturated rings. The smallest absolute Gasteiger partial charge is 0.248 e. The normalized spacial score (nSPS) is 26.7. The molecule has 8 amide bonds. The maximum absolute atomic E-state index is 15.4. The summed E-state index contributed by atoms with van der Waals surface area (Å²) in [4.78, 5) is 176. The van der Waals surface area contributed by atoms with E-state index in [1.165, 1.54) is 80.8 Å². The molecule has 22 heteroatoms. The van der Waals surface area contributed by atoms with Crippen LogP contribution in [0.1, 0.15) is 181 Å². The number of aliphatic hydroxyl groups excluding tert-OH is 2. The molecule has 1 aromatic rings. The van der Waals surface area contributed by atoms with Crippen LogP contribution in [0.3, 0.4) is 0 Å². The summed E-state index contributed by atoms with van der Waals surface area (Å²) in [6.07, 6.45) is 1.30. The zero-order valence-electron chi connectivity index (χ0n) is 60.2. The summed E-state index contributed by atoms with van der Waals surface area (Å²) in [7, 11) is 10.0. The van der Waals surface area contributed by atoms with E-state index in [4.69, 9.17) is 0 Å². The molecule has 0 radical (unpaired) electrons. The molecule has 22 nitrogen and oxygen atoms in total. The van der Waals surface area contributed by atoms with E-state index in [-0.39, 0.29) is 68.6 Å². The molecule has 1 aliphatic heterocycles. The summed E-state index contributed by atoms with van der Waals surface area (Å²) >= 11 is 0. The number of ketones is 3. The van der Waals surface area contributed by atoms with E-state index < -0.39 is 168 Å². The van der Waals surface area contributed by atoms with Crippen LogP contribution >= 0.6 is 0 Å². The van der Waals surface area contributed by atoms with Crippen molar-refractivity contribution in [3.05, 3.63) is 30.1 Å². The van der Waals surface area contributed by atoms with Crippen molar-refractivity contribution in [1.82, 2.24) is 44.6 Å². The fourth-order valence-electron chi connectivity index (χ4n) is 12.7. The van der Waals surface area contributed by atoms with E-state index in [1.807, 2.05) is 67.5 Å². The van der Waals surface area contributed by atoms with E-state index in [0.717, 1.165) is 15.5 Å². The number of nitrogens with zero attached hydrogens (tertiary/aromatic N) is 8. The molecule has 0 aromatic carbocycles. The van der Waals surface area contributed by atoms with Gasteiger partial charge in [-0.3, -0.25) is 57.7 Å². The van der Waals surface area contributed by atoms with Crippen LogP contribution in [0.2, 0.25) is 0 Å². The van der Waals surface area contributed by atoms with Gasteiger partial charge in [-0.25, -0.2) is 0 Å². The first-order chi connectivity index (χ1) is 42.7. The average molecular weight is 1290 g/mol. The summed E-state index contributed by atoms with van der Waals surface area (Å²) in [5.41, 5.74) is 0.826. The first-order valence-corrected chi connectivity index (χ1v) is 33.6. The van der Waals surface area contributed by atoms with Crippen molar-refractivity contribution < 1.29 is 63.0 Å². The van der Waals surface area contributed by atoms with Crippen LogP contribution in [-0.2, 0) is 59.2 Å². The Morgan fingerprint density at radius 1 is 0.500 bits per heavy atom. The maximum atomic E-state index is 15.4. The number of aromatic nitrogens is 1. The predicted molar refractivity (Wildman–Crippen MR) is 356 cm³/mol. The summed E-state index contributed by atoms with van der Waals surface area (Å²) in [5, 5.41) is 26.2. The molecule has 522 valence electrons. The van der Waals surface area contributed by atoms with Crippen molar-refractivity contribution in [2.45, 2.75) is 236 Å². The van der Waals surface area contributed by atoms with E-state index in [2.05, 4.69) is 10.3 Å². The molecule has 0 aliphatic carbocycles. The number of aryl methyl sites for hydroxylation is 1. The number of carbonyl (C=O) groups excluding carboxylic acids is 11. The summed E-state index contributed by atoms with van der Waals surface area (Å²) in [6.45, 7) is 27.7. The SMILES string of the molecule is CC[C@H]1CC(=O)[C@@H]([C@H](O)[C@H](C)CCCc2ccccn2)N(C)C(=O)[C@@H](C(C)C)N(C)C(=O)[C@@H](CC(C)C)N(C)C(=O)[C@@H](CC(C)C)N(C)C(=O)[C@H](C)NC(=O)[C@@H](C)CC(=O)[C@@H](CC(C)C)N(C)C(=O)[C@@H](C(C)C)CC(=O)[C@H](CC(C)C)N(C)C(=O)[C@@H](CO)N(C)C1=O. The number of nitrogens with one attached hydrogen (secondary N) is 1. The first-order valence-electron chi connectivity index (χ1n) is 33.6. The van der Waals surface area contributed by atoms with Crippen LogP contribution in [0.4, 0.5) is 0 Å². The quantitative estimate of drug-likeness (QED) is 0.144. The fraction of sp³-hybridized carbons (Fsp3) is 0.771. The number of rotatable bonds is 18. The van der Waals surface area contributed by atoms with Crippen molar-refractivity contribution in [1.29, 1.82) is 0 Å². The highest BCUT2D eigenvalue weighted by Gasteiger charge is 2.46. The van der Waals surface area contributed by atoms with Gasteiger partial charge in [0.1, 0.15) is 36.3 Å². The largest absolute Gasteiger partial charge is 0.394 e. The van der Waals surface area contributed by atoms with Gasteiger partial charge in [-0.15, -0.1) is 0 Å². The van der Waals surface area contributed by atoms with Crippen LogP contribution in [0.15, 0.2) is 24.4 Å². The third-order valence-electron chi connectivity index (χ3n) is 18.6. The summed E-state index contributed by atoms with van der Waals surface area (Å²) in [6, 6.07) is -4.43. The number of amides is 8. The lowest BCUT2D eigenvalue weighted by molar-refractivity contribution is -0.157. The molecule has 13 atom stereocenters. The number of hydrogen-bond donors (Lipinski definition) is 3. The number of carbonyl (C=O) groups is 11. The number of hydrogen-bond acceptors (Lipinski definition) is 14. The Balaban J connectivity index is 3.03. The van der Waals surface area contributed by atoms with Gasteiger partial charge in [-0.2, -0.15) is 0 Å². The zero-order chi connectivity index (χ0) is 70.7. The standard InChI is InChI=1S/C70H119N9O13/c1-24-49-37-59(83)61(62(84)46(14)28-27-30-50-29-25-26-31-71-50)79(23)70(92)60(45(12)13)78(22)68(90)55(35-43(8)9)76(20)67(89)54(34-42(6)7)75(19)64(86)48(16)72-63(85)47(15)36-57(81)52(32-40(2)3)73(17)66(88)51(44(10)11)38-58(82)53(33-41(4)5)74(18)69(91)56(39-80)77(21)65(49)87/h25-26,29,31,40-49,51-56,60-62,80,84H,24,27-28,30,32-39H2,1-23H3,(H,72,85)/t46-,47+,48+,49+,51-,52-,53+,54-,55-,56-,60-,61+,62-/m1/s1. The lowest BCUT2D eigenvalue weighted by Gasteiger charge is -2.41. The summed E-state index contributed by atoms with van der Waals surface area (Å²) < 4.78 is 0. The number of likely N-dealkylation sites (N-methyl/N-ethyl adjacent to an activating group) is 7. The van der Waals surface area contributed by atoms with Crippen LogP contribution in [0, 0.1) is 59.2 Å². The Hall–Kier alpha value is -6.16. The van der Waals surface area contributed by atoms with Crippen molar-refractivity contribution in [2.75, 3.05) is 55.9 Å². The van der Waals surface area contributed by atoms with Crippen LogP contribution in [-0.4, -0.2) is 224 Å². The van der Waals surface area contributed by atoms with Gasteiger partial charge in [0, 0.05) is 98.2 Å². The van der Waals surface area contributed by atoms with Crippen LogP contribution < -0.4 is 5.32 Å². The number of pyridine rings is 1. The Bertz CT molecular complexity index is 2630. The predicted octanol–water partition coefficient (Wildman–Crippen LogP) is 6.35. The highest BCUT2D eigenvalue weighted by Crippen LogP contribution is 2.30. The second-order valence-electron chi connectivity index (χ2n) is 28.8. The number of aliphatic hydroxyl groups is 2. The summed E-state index contributed by atoms with van der Waals surface area (Å²) in [5.74, 6) is -11.9. The van der Waals surface area contributed by atoms with Gasteiger partial charge in [0.15, 0.2) is 17.3 Å². The average Bonchev–Trinajstić information content (AvgIpc) is 0.819. The molecule has 92 heavy (non-hydrogen) atoms. The van der Waals surface area contributed by atoms with Gasteiger partial charge in [0.2, 0.25) is 47.3 Å². The molecule has 0 unspecified atom stereocenters. The lowest BCUT2D eigenvalue weighted by Crippen LogP contribution is -2.62. The molecular formula is C70H119N9O13. The van der Waals surface area contributed by atoms with E-state index in [9.17, 15) is 43.8 Å². The minimum atomic E-state index is -1.56. The molecule has 2 heterocycles. The van der Waals surface area contributed by atoms with E-state index in [0.29, 0.717) is 19.3 Å². The lowest BCUT2D eigenvalue weighted by atomic mass is 9.84. The zero-order valence-corrected chi connectivity index (χ0v) is 60.2. The topological polar surface area (TPSA) is 276 Å². The molecule has 1 aliphatic rings. The monoisotopic (exact) mass is 1290 g/mol. The maximum Gasteiger partial charge on any atom is 0.248 e. The molecule has 0 saturated carbocycles. The fourth-order valence-corrected chi connectivity index (χ4v) is 12.7. The minimum absolute atomic E-state index is 0.0543. The molecule has 0 bridgehead atoms. The van der Waals surface area contributed by atoms with Gasteiger partial charge in [-0.1, -0.05) is 110 Å². The Kier molecular flexibility index (Phi) is 33.5. The van der Waals surface area contributed by atoms with E-state index >= 15 is 19.2 Å². The molecule has 1 saturated heterocycles. The second kappa shape index (κ2) is 37.7. The van der Waals surface area contributed by atoms with Crippen molar-refractivity contribution >= 4 is 64.6 Å². The molecule has 2 rings (SSSR count). The van der Waals surface area contributed by atoms with Gasteiger partial charge in [-0.05, 0) is 112 Å². The Morgan fingerprint density at radius 2 is 0.935 bits per heavy atom. The molecular weight excluding hydrogens is 1170 g/mol. The Morgan fingerprint density at radius 3 is 1.39 bits per heavy atom. The van der Waals surface area contributed by atoms with E-state index in [1.54, 1.807) is 60.7 Å². The van der Waals surface area contributed by atoms with Crippen molar-refractivity contribution in [2.24, 2.45) is 59.2 Å². The minimum Gasteiger partial charge on any atom is -0.394 e. The van der Waals surface area contributed by atoms with Gasteiger partial charge in [0.05, 0.1) is 24.8 Å². The highest BCUT2D eigenvalue weighted by molar-refractivity contribution is 6.00. The highest BCUT2D eigenvalue weighted by atomic mass is 16.3. The number of Topliss-reactive ketones (excluding diaryl/α,β-unsaturated/α-hetero) is 3. The Labute approximate surface area is 551 Å². The third-order valence-corrected chi connectivity index (χ3v) is 18.6. The van der Waals surface area contributed by atoms with Gasteiger partial charge >= 0.3 is 0 Å². The second-order valence-corrected chi connectivity index (χ2v) is 28.8. The van der Waals surface area contributed by atoms with Crippen molar-refractivity contribution in [3.63, 3.8) is 0 Å².